The Morgan fingerprint density at radius 3 is 2.79 bits per heavy atom. The number of esters is 1. The van der Waals surface area contributed by atoms with Crippen LogP contribution >= 0.6 is 11.6 Å². The van der Waals surface area contributed by atoms with Crippen molar-refractivity contribution in [2.45, 2.75) is 38.3 Å². The van der Waals surface area contributed by atoms with Crippen LogP contribution in [0.5, 0.6) is 0 Å². The van der Waals surface area contributed by atoms with Crippen LogP contribution in [-0.2, 0) is 22.6 Å². The maximum atomic E-state index is 13.1. The molecule has 0 radical (unpaired) electrons. The number of carbonyl (C=O) groups excluding carboxylic acids is 1. The van der Waals surface area contributed by atoms with E-state index in [-0.39, 0.29) is 29.7 Å². The van der Waals surface area contributed by atoms with Crippen LogP contribution in [0.1, 0.15) is 36.7 Å². The van der Waals surface area contributed by atoms with Gasteiger partial charge in [-0.05, 0) is 37.1 Å². The summed E-state index contributed by atoms with van der Waals surface area (Å²) in [7, 11) is 0. The number of nitrogens with zero attached hydrogens (tertiary/aromatic N) is 2. The van der Waals surface area contributed by atoms with Crippen molar-refractivity contribution in [3.8, 4) is 0 Å². The second kappa shape index (κ2) is 7.72. The third kappa shape index (κ3) is 3.92. The largest absolute Gasteiger partial charge is 0.461 e. The van der Waals surface area contributed by atoms with Crippen LogP contribution in [0.2, 0.25) is 5.02 Å². The van der Waals surface area contributed by atoms with Gasteiger partial charge in [-0.2, -0.15) is 0 Å². The number of benzene rings is 2. The molecule has 0 spiro atoms. The van der Waals surface area contributed by atoms with Gasteiger partial charge in [0.05, 0.1) is 22.3 Å². The molecule has 1 aliphatic carbocycles. The van der Waals surface area contributed by atoms with Gasteiger partial charge in [0, 0.05) is 18.0 Å². The Labute approximate surface area is 165 Å². The molecule has 0 N–H and O–H groups in total. The molecule has 1 aromatic heterocycles. The fourth-order valence-electron chi connectivity index (χ4n) is 3.16. The lowest BCUT2D eigenvalue weighted by molar-refractivity contribution is -0.144. The third-order valence-corrected chi connectivity index (χ3v) is 5.10. The topological polar surface area (TPSA) is 61.2 Å². The minimum absolute atomic E-state index is 0.0292. The van der Waals surface area contributed by atoms with E-state index in [0.717, 1.165) is 12.8 Å². The molecule has 2 aromatic carbocycles. The number of ether oxygens (including phenoxy) is 1. The molecule has 5 nitrogen and oxygen atoms in total. The molecule has 144 valence electrons. The van der Waals surface area contributed by atoms with Gasteiger partial charge in [-0.1, -0.05) is 29.8 Å². The number of carbonyl (C=O) groups is 1. The molecule has 3 aromatic rings. The normalized spacial score (nSPS) is 13.6. The first-order valence-electron chi connectivity index (χ1n) is 9.12. The zero-order valence-electron chi connectivity index (χ0n) is 15.0. The van der Waals surface area contributed by atoms with Gasteiger partial charge in [0.25, 0.3) is 5.56 Å². The lowest BCUT2D eigenvalue weighted by atomic mass is 10.2. The maximum Gasteiger partial charge on any atom is 0.306 e. The van der Waals surface area contributed by atoms with Gasteiger partial charge in [-0.3, -0.25) is 14.2 Å². The molecule has 0 bridgehead atoms. The molecular formula is C21H18ClFN2O3. The first kappa shape index (κ1) is 18.6. The van der Waals surface area contributed by atoms with E-state index in [1.807, 2.05) is 12.1 Å². The summed E-state index contributed by atoms with van der Waals surface area (Å²) in [5, 5.41) is 0.804. The average molecular weight is 401 g/mol. The number of para-hydroxylation sites is 1. The van der Waals surface area contributed by atoms with E-state index < -0.39 is 11.8 Å². The van der Waals surface area contributed by atoms with Gasteiger partial charge < -0.3 is 4.74 Å². The van der Waals surface area contributed by atoms with E-state index >= 15 is 0 Å². The van der Waals surface area contributed by atoms with E-state index in [1.165, 1.54) is 18.2 Å². The molecule has 0 aliphatic heterocycles. The van der Waals surface area contributed by atoms with Crippen LogP contribution in [0.25, 0.3) is 10.9 Å². The summed E-state index contributed by atoms with van der Waals surface area (Å²) in [6.07, 6.45) is 2.30. The molecule has 1 saturated carbocycles. The minimum Gasteiger partial charge on any atom is -0.461 e. The first-order chi connectivity index (χ1) is 13.5. The molecule has 0 unspecified atom stereocenters. The Kier molecular flexibility index (Phi) is 5.13. The van der Waals surface area contributed by atoms with Crippen molar-refractivity contribution < 1.29 is 13.9 Å². The summed E-state index contributed by atoms with van der Waals surface area (Å²) in [4.78, 5) is 29.6. The molecule has 1 fully saturated rings. The second-order valence-electron chi connectivity index (χ2n) is 6.85. The third-order valence-electron chi connectivity index (χ3n) is 4.75. The summed E-state index contributed by atoms with van der Waals surface area (Å²) in [5.41, 5.74) is 1.11. The Balaban J connectivity index is 1.47. The highest BCUT2D eigenvalue weighted by molar-refractivity contribution is 6.31. The fourth-order valence-corrected chi connectivity index (χ4v) is 3.38. The average Bonchev–Trinajstić information content (AvgIpc) is 3.50. The highest BCUT2D eigenvalue weighted by atomic mass is 35.5. The SMILES string of the molecule is O=C(CCc1nc2ccccc2c(=O)n1C1CC1)OCc1ccc(F)cc1Cl. The molecule has 1 heterocycles. The number of fused-ring (bicyclic) bond motifs is 1. The van der Waals surface area contributed by atoms with Gasteiger partial charge in [0.2, 0.25) is 0 Å². The molecule has 7 heteroatoms. The predicted molar refractivity (Wildman–Crippen MR) is 104 cm³/mol. The summed E-state index contributed by atoms with van der Waals surface area (Å²) in [6.45, 7) is -0.0292. The quantitative estimate of drug-likeness (QED) is 0.582. The van der Waals surface area contributed by atoms with Crippen LogP contribution in [0.15, 0.2) is 47.3 Å². The van der Waals surface area contributed by atoms with Gasteiger partial charge in [-0.15, -0.1) is 0 Å². The Bertz CT molecular complexity index is 1110. The Hall–Kier alpha value is -2.73. The molecule has 0 atom stereocenters. The highest BCUT2D eigenvalue weighted by Gasteiger charge is 2.28. The van der Waals surface area contributed by atoms with Crippen LogP contribution in [0.4, 0.5) is 4.39 Å². The van der Waals surface area contributed by atoms with E-state index in [1.54, 1.807) is 16.7 Å². The number of rotatable bonds is 6. The number of halogens is 2. The molecule has 1 aliphatic rings. The Morgan fingerprint density at radius 1 is 1.25 bits per heavy atom. The predicted octanol–water partition coefficient (Wildman–Crippen LogP) is 4.20. The maximum absolute atomic E-state index is 13.1. The van der Waals surface area contributed by atoms with Crippen LogP contribution in [0, 0.1) is 5.82 Å². The lowest BCUT2D eigenvalue weighted by Crippen LogP contribution is -2.25. The second-order valence-corrected chi connectivity index (χ2v) is 7.26. The summed E-state index contributed by atoms with van der Waals surface area (Å²) >= 11 is 5.94. The first-order valence-corrected chi connectivity index (χ1v) is 9.50. The number of hydrogen-bond donors (Lipinski definition) is 0. The summed E-state index contributed by atoms with van der Waals surface area (Å²) in [6, 6.07) is 11.3. The number of hydrogen-bond acceptors (Lipinski definition) is 4. The summed E-state index contributed by atoms with van der Waals surface area (Å²) < 4.78 is 20.0. The standard InChI is InChI=1S/C21H18ClFN2O3/c22-17-11-14(23)6-5-13(17)12-28-20(26)10-9-19-24-18-4-2-1-3-16(18)21(27)25(19)15-7-8-15/h1-6,11,15H,7-10,12H2. The van der Waals surface area contributed by atoms with Gasteiger partial charge in [-0.25, -0.2) is 9.37 Å². The minimum atomic E-state index is -0.444. The zero-order valence-corrected chi connectivity index (χ0v) is 15.8. The number of aromatic nitrogens is 2. The van der Waals surface area contributed by atoms with Crippen molar-refractivity contribution in [2.24, 2.45) is 0 Å². The van der Waals surface area contributed by atoms with E-state index in [0.29, 0.717) is 28.7 Å². The van der Waals surface area contributed by atoms with E-state index in [2.05, 4.69) is 4.98 Å². The molecular weight excluding hydrogens is 383 g/mol. The molecule has 0 amide bonds. The number of aryl methyl sites for hydroxylation is 1. The Morgan fingerprint density at radius 2 is 2.04 bits per heavy atom. The van der Waals surface area contributed by atoms with Crippen molar-refractivity contribution in [3.63, 3.8) is 0 Å². The van der Waals surface area contributed by atoms with Crippen molar-refractivity contribution >= 4 is 28.5 Å². The van der Waals surface area contributed by atoms with E-state index in [9.17, 15) is 14.0 Å². The van der Waals surface area contributed by atoms with Crippen molar-refractivity contribution in [2.75, 3.05) is 0 Å². The smallest absolute Gasteiger partial charge is 0.306 e. The van der Waals surface area contributed by atoms with Gasteiger partial charge in [0.1, 0.15) is 18.2 Å². The van der Waals surface area contributed by atoms with Crippen LogP contribution in [0.3, 0.4) is 0 Å². The highest BCUT2D eigenvalue weighted by Crippen LogP contribution is 2.35. The van der Waals surface area contributed by atoms with Crippen molar-refractivity contribution in [1.29, 1.82) is 0 Å². The van der Waals surface area contributed by atoms with E-state index in [4.69, 9.17) is 16.3 Å². The fraction of sp³-hybridized carbons (Fsp3) is 0.286. The molecule has 0 saturated heterocycles. The lowest BCUT2D eigenvalue weighted by Gasteiger charge is -2.13. The van der Waals surface area contributed by atoms with Crippen LogP contribution < -0.4 is 5.56 Å². The van der Waals surface area contributed by atoms with Crippen molar-refractivity contribution in [3.05, 3.63) is 75.0 Å². The van der Waals surface area contributed by atoms with Gasteiger partial charge in [0.15, 0.2) is 0 Å². The van der Waals surface area contributed by atoms with Crippen molar-refractivity contribution in [1.82, 2.24) is 9.55 Å². The van der Waals surface area contributed by atoms with Crippen LogP contribution in [-0.4, -0.2) is 15.5 Å². The molecule has 4 rings (SSSR count). The molecule has 28 heavy (non-hydrogen) atoms. The van der Waals surface area contributed by atoms with Gasteiger partial charge >= 0.3 is 5.97 Å². The monoisotopic (exact) mass is 400 g/mol. The zero-order chi connectivity index (χ0) is 19.7. The summed E-state index contributed by atoms with van der Waals surface area (Å²) in [5.74, 6) is -0.270.